The van der Waals surface area contributed by atoms with Crippen molar-refractivity contribution >= 4 is 5.91 Å². The maximum absolute atomic E-state index is 12.1. The number of methoxy groups -OCH3 is 1. The molecule has 0 atom stereocenters. The van der Waals surface area contributed by atoms with Crippen LogP contribution in [0.5, 0.6) is 5.75 Å². The van der Waals surface area contributed by atoms with Crippen LogP contribution in [-0.4, -0.2) is 28.7 Å². The van der Waals surface area contributed by atoms with E-state index >= 15 is 0 Å². The lowest BCUT2D eigenvalue weighted by atomic mass is 10.1. The minimum Gasteiger partial charge on any atom is -0.497 e. The number of aromatic nitrogens is 2. The monoisotopic (exact) mass is 317 g/mol. The minimum absolute atomic E-state index is 0.0515. The third kappa shape index (κ3) is 3.68. The molecule has 0 radical (unpaired) electrons. The minimum atomic E-state index is -0.602. The second-order valence-electron chi connectivity index (χ2n) is 5.15. The van der Waals surface area contributed by atoms with Crippen LogP contribution in [0.3, 0.4) is 0 Å². The summed E-state index contributed by atoms with van der Waals surface area (Å²) in [6, 6.07) is 7.52. The lowest BCUT2D eigenvalue weighted by Crippen LogP contribution is -2.42. The van der Waals surface area contributed by atoms with Gasteiger partial charge in [0.15, 0.2) is 0 Å². The van der Waals surface area contributed by atoms with Crippen LogP contribution in [0, 0.1) is 0 Å². The Labute approximate surface area is 133 Å². The number of hydrogen-bond donors (Lipinski definition) is 1. The van der Waals surface area contributed by atoms with E-state index in [1.54, 1.807) is 7.11 Å². The molecule has 1 aromatic heterocycles. The summed E-state index contributed by atoms with van der Waals surface area (Å²) in [6.07, 6.45) is 1.88. The molecule has 0 spiro atoms. The Morgan fingerprint density at radius 1 is 1.17 bits per heavy atom. The summed E-state index contributed by atoms with van der Waals surface area (Å²) >= 11 is 0. The maximum Gasteiger partial charge on any atom is 0.330 e. The van der Waals surface area contributed by atoms with Crippen molar-refractivity contribution in [3.05, 3.63) is 62.4 Å². The second-order valence-corrected chi connectivity index (χ2v) is 5.15. The van der Waals surface area contributed by atoms with E-state index in [0.29, 0.717) is 13.0 Å². The summed E-state index contributed by atoms with van der Waals surface area (Å²) in [5, 5.41) is 2.69. The van der Waals surface area contributed by atoms with Gasteiger partial charge in [-0.2, -0.15) is 0 Å². The molecule has 0 saturated heterocycles. The summed E-state index contributed by atoms with van der Waals surface area (Å²) < 4.78 is 7.20. The van der Waals surface area contributed by atoms with Gasteiger partial charge in [0.2, 0.25) is 0 Å². The van der Waals surface area contributed by atoms with E-state index in [1.165, 1.54) is 24.9 Å². The molecule has 0 aliphatic rings. The van der Waals surface area contributed by atoms with Gasteiger partial charge in [-0.15, -0.1) is 0 Å². The average molecular weight is 317 g/mol. The first-order valence-corrected chi connectivity index (χ1v) is 7.12. The first kappa shape index (κ1) is 16.5. The largest absolute Gasteiger partial charge is 0.497 e. The van der Waals surface area contributed by atoms with Gasteiger partial charge >= 0.3 is 5.69 Å². The van der Waals surface area contributed by atoms with Gasteiger partial charge in [-0.05, 0) is 24.1 Å². The molecule has 0 aliphatic heterocycles. The number of nitrogens with zero attached hydrogens (tertiary/aromatic N) is 2. The first-order valence-electron chi connectivity index (χ1n) is 7.12. The highest BCUT2D eigenvalue weighted by Gasteiger charge is 2.14. The molecule has 1 amide bonds. The summed E-state index contributed by atoms with van der Waals surface area (Å²) in [7, 11) is 4.44. The molecule has 1 heterocycles. The predicted molar refractivity (Wildman–Crippen MR) is 86.0 cm³/mol. The van der Waals surface area contributed by atoms with Crippen LogP contribution in [0.2, 0.25) is 0 Å². The zero-order valence-corrected chi connectivity index (χ0v) is 13.3. The van der Waals surface area contributed by atoms with E-state index in [9.17, 15) is 14.4 Å². The van der Waals surface area contributed by atoms with E-state index in [-0.39, 0.29) is 5.56 Å². The molecule has 1 aromatic carbocycles. The SMILES string of the molecule is COc1ccc(CCNC(=O)c2cn(C)c(=O)n(C)c2=O)cc1. The average Bonchev–Trinajstić information content (AvgIpc) is 2.56. The van der Waals surface area contributed by atoms with Crippen LogP contribution in [-0.2, 0) is 20.5 Å². The van der Waals surface area contributed by atoms with Gasteiger partial charge in [-0.3, -0.25) is 14.2 Å². The molecule has 0 fully saturated rings. The molecular formula is C16H19N3O4. The van der Waals surface area contributed by atoms with Crippen molar-refractivity contribution in [3.8, 4) is 5.75 Å². The predicted octanol–water partition coefficient (Wildman–Crippen LogP) is 0.0651. The third-order valence-electron chi connectivity index (χ3n) is 3.55. The first-order chi connectivity index (χ1) is 10.9. The molecule has 0 saturated carbocycles. The molecule has 23 heavy (non-hydrogen) atoms. The molecule has 2 rings (SSSR count). The van der Waals surface area contributed by atoms with Crippen LogP contribution in [0.4, 0.5) is 0 Å². The highest BCUT2D eigenvalue weighted by molar-refractivity contribution is 5.93. The van der Waals surface area contributed by atoms with Crippen molar-refractivity contribution < 1.29 is 9.53 Å². The Morgan fingerprint density at radius 2 is 1.83 bits per heavy atom. The number of hydrogen-bond acceptors (Lipinski definition) is 4. The standard InChI is InChI=1S/C16H19N3O4/c1-18-10-13(15(21)19(2)16(18)22)14(20)17-9-8-11-4-6-12(23-3)7-5-11/h4-7,10H,8-9H2,1-3H3,(H,17,20). The van der Waals surface area contributed by atoms with Gasteiger partial charge in [0, 0.05) is 26.8 Å². The summed E-state index contributed by atoms with van der Waals surface area (Å²) in [5.41, 5.74) is -0.0800. The number of ether oxygens (including phenoxy) is 1. The molecule has 0 bridgehead atoms. The van der Waals surface area contributed by atoms with E-state index in [0.717, 1.165) is 15.9 Å². The number of amides is 1. The van der Waals surface area contributed by atoms with Crippen LogP contribution in [0.15, 0.2) is 40.1 Å². The number of rotatable bonds is 5. The van der Waals surface area contributed by atoms with Crippen LogP contribution < -0.4 is 21.3 Å². The molecule has 2 aromatic rings. The van der Waals surface area contributed by atoms with Crippen LogP contribution in [0.25, 0.3) is 0 Å². The normalized spacial score (nSPS) is 10.4. The number of nitrogens with one attached hydrogen (secondary N) is 1. The van der Waals surface area contributed by atoms with Gasteiger partial charge in [0.25, 0.3) is 11.5 Å². The molecule has 1 N–H and O–H groups in total. The summed E-state index contributed by atoms with van der Waals surface area (Å²) in [6.45, 7) is 0.386. The lowest BCUT2D eigenvalue weighted by Gasteiger charge is -2.08. The maximum atomic E-state index is 12.1. The second kappa shape index (κ2) is 6.95. The van der Waals surface area contributed by atoms with Gasteiger partial charge in [0.05, 0.1) is 7.11 Å². The van der Waals surface area contributed by atoms with Crippen LogP contribution in [0.1, 0.15) is 15.9 Å². The highest BCUT2D eigenvalue weighted by Crippen LogP contribution is 2.11. The molecule has 7 nitrogen and oxygen atoms in total. The number of aryl methyl sites for hydroxylation is 1. The van der Waals surface area contributed by atoms with E-state index in [4.69, 9.17) is 4.74 Å². The lowest BCUT2D eigenvalue weighted by molar-refractivity contribution is 0.0951. The van der Waals surface area contributed by atoms with Crippen molar-refractivity contribution in [2.75, 3.05) is 13.7 Å². The van der Waals surface area contributed by atoms with E-state index < -0.39 is 17.2 Å². The molecule has 7 heteroatoms. The number of benzene rings is 1. The third-order valence-corrected chi connectivity index (χ3v) is 3.55. The Balaban J connectivity index is 2.02. The van der Waals surface area contributed by atoms with Gasteiger partial charge in [-0.1, -0.05) is 12.1 Å². The highest BCUT2D eigenvalue weighted by atomic mass is 16.5. The van der Waals surface area contributed by atoms with Gasteiger partial charge < -0.3 is 14.6 Å². The molecule has 0 aliphatic carbocycles. The Hall–Kier alpha value is -2.83. The van der Waals surface area contributed by atoms with Gasteiger partial charge in [-0.25, -0.2) is 4.79 Å². The summed E-state index contributed by atoms with van der Waals surface area (Å²) in [5.74, 6) is 0.279. The van der Waals surface area contributed by atoms with Crippen molar-refractivity contribution in [2.24, 2.45) is 14.1 Å². The van der Waals surface area contributed by atoms with Crippen molar-refractivity contribution in [3.63, 3.8) is 0 Å². The zero-order chi connectivity index (χ0) is 17.0. The number of carbonyl (C=O) groups is 1. The van der Waals surface area contributed by atoms with Crippen molar-refractivity contribution in [2.45, 2.75) is 6.42 Å². The molecule has 0 unspecified atom stereocenters. The van der Waals surface area contributed by atoms with Crippen molar-refractivity contribution in [1.82, 2.24) is 14.5 Å². The number of carbonyl (C=O) groups excluding carboxylic acids is 1. The van der Waals surface area contributed by atoms with Crippen LogP contribution >= 0.6 is 0 Å². The fourth-order valence-electron chi connectivity index (χ4n) is 2.17. The zero-order valence-electron chi connectivity index (χ0n) is 13.3. The van der Waals surface area contributed by atoms with Crippen molar-refractivity contribution in [1.29, 1.82) is 0 Å². The summed E-state index contributed by atoms with van der Waals surface area (Å²) in [4.78, 5) is 35.7. The Morgan fingerprint density at radius 3 is 2.43 bits per heavy atom. The smallest absolute Gasteiger partial charge is 0.330 e. The quantitative estimate of drug-likeness (QED) is 0.846. The fourth-order valence-corrected chi connectivity index (χ4v) is 2.17. The van der Waals surface area contributed by atoms with E-state index in [1.807, 2.05) is 24.3 Å². The Bertz CT molecular complexity index is 819. The van der Waals surface area contributed by atoms with E-state index in [2.05, 4.69) is 5.32 Å². The Kier molecular flexibility index (Phi) is 5.00. The topological polar surface area (TPSA) is 82.3 Å². The van der Waals surface area contributed by atoms with Gasteiger partial charge in [0.1, 0.15) is 11.3 Å². The molecule has 122 valence electrons. The molecular weight excluding hydrogens is 298 g/mol. The fraction of sp³-hybridized carbons (Fsp3) is 0.312.